The third-order valence-corrected chi connectivity index (χ3v) is 3.10. The van der Waals surface area contributed by atoms with Crippen LogP contribution in [0.5, 0.6) is 0 Å². The van der Waals surface area contributed by atoms with Crippen molar-refractivity contribution in [2.75, 3.05) is 14.1 Å². The second kappa shape index (κ2) is 4.80. The zero-order valence-electron chi connectivity index (χ0n) is 9.02. The van der Waals surface area contributed by atoms with Crippen molar-refractivity contribution >= 4 is 0 Å². The summed E-state index contributed by atoms with van der Waals surface area (Å²) in [6.45, 7) is 6.59. The summed E-state index contributed by atoms with van der Waals surface area (Å²) < 4.78 is 0. The summed E-state index contributed by atoms with van der Waals surface area (Å²) in [5, 5.41) is 0. The molecule has 0 aliphatic carbocycles. The summed E-state index contributed by atoms with van der Waals surface area (Å²) in [5.41, 5.74) is 3.04. The van der Waals surface area contributed by atoms with Crippen LogP contribution in [0.4, 0.5) is 0 Å². The minimum atomic E-state index is 0.156. The predicted octanol–water partition coefficient (Wildman–Crippen LogP) is 0.959. The first-order valence-electron chi connectivity index (χ1n) is 4.66. The van der Waals surface area contributed by atoms with Crippen molar-refractivity contribution in [3.63, 3.8) is 0 Å². The van der Waals surface area contributed by atoms with E-state index in [0.29, 0.717) is 6.04 Å². The van der Waals surface area contributed by atoms with E-state index in [1.165, 1.54) is 0 Å². The van der Waals surface area contributed by atoms with Crippen molar-refractivity contribution in [2.45, 2.75) is 45.2 Å². The smallest absolute Gasteiger partial charge is 0.0389 e. The first-order chi connectivity index (χ1) is 5.52. The van der Waals surface area contributed by atoms with Crippen LogP contribution in [0, 0.1) is 0 Å². The zero-order chi connectivity index (χ0) is 9.78. The van der Waals surface area contributed by atoms with Gasteiger partial charge < -0.3 is 4.90 Å². The fourth-order valence-corrected chi connectivity index (χ4v) is 1.61. The molecule has 0 fully saturated rings. The van der Waals surface area contributed by atoms with Crippen molar-refractivity contribution in [1.82, 2.24) is 10.3 Å². The maximum absolute atomic E-state index is 5.51. The van der Waals surface area contributed by atoms with Crippen LogP contribution >= 0.6 is 0 Å². The molecule has 0 aromatic heterocycles. The lowest BCUT2D eigenvalue weighted by Gasteiger charge is -2.42. The fraction of sp³-hybridized carbons (Fsp3) is 1.00. The molecular formula is C9H23N3. The van der Waals surface area contributed by atoms with Crippen LogP contribution in [0.1, 0.15) is 33.6 Å². The fourth-order valence-electron chi connectivity index (χ4n) is 1.61. The molecule has 12 heavy (non-hydrogen) atoms. The third kappa shape index (κ3) is 2.19. The highest BCUT2D eigenvalue weighted by Gasteiger charge is 2.32. The molecule has 0 aliphatic heterocycles. The largest absolute Gasteiger partial charge is 0.302 e. The summed E-state index contributed by atoms with van der Waals surface area (Å²) in [6.07, 6.45) is 2.15. The average molecular weight is 173 g/mol. The van der Waals surface area contributed by atoms with Crippen LogP contribution in [0.3, 0.4) is 0 Å². The van der Waals surface area contributed by atoms with Crippen LogP contribution in [-0.4, -0.2) is 30.6 Å². The summed E-state index contributed by atoms with van der Waals surface area (Å²) in [5.74, 6) is 5.51. The monoisotopic (exact) mass is 173 g/mol. The van der Waals surface area contributed by atoms with Gasteiger partial charge >= 0.3 is 0 Å². The Bertz CT molecular complexity index is 121. The second-order valence-electron chi connectivity index (χ2n) is 3.73. The Kier molecular flexibility index (Phi) is 4.75. The number of nitrogens with one attached hydrogen (secondary N) is 1. The highest BCUT2D eigenvalue weighted by atomic mass is 15.3. The van der Waals surface area contributed by atoms with E-state index in [1.54, 1.807) is 0 Å². The van der Waals surface area contributed by atoms with E-state index in [2.05, 4.69) is 45.2 Å². The summed E-state index contributed by atoms with van der Waals surface area (Å²) in [6, 6.07) is 0.359. The molecule has 74 valence electrons. The molecule has 2 unspecified atom stereocenters. The van der Waals surface area contributed by atoms with E-state index in [0.717, 1.165) is 12.8 Å². The van der Waals surface area contributed by atoms with Crippen LogP contribution < -0.4 is 11.3 Å². The molecular weight excluding hydrogens is 150 g/mol. The first kappa shape index (κ1) is 11.9. The lowest BCUT2D eigenvalue weighted by molar-refractivity contribution is 0.110. The van der Waals surface area contributed by atoms with Gasteiger partial charge in [-0.3, -0.25) is 11.3 Å². The quantitative estimate of drug-likeness (QED) is 0.480. The molecule has 3 N–H and O–H groups in total. The van der Waals surface area contributed by atoms with E-state index < -0.39 is 0 Å². The minimum Gasteiger partial charge on any atom is -0.302 e. The number of likely N-dealkylation sites (N-methyl/N-ethyl adjacent to an activating group) is 1. The van der Waals surface area contributed by atoms with Gasteiger partial charge in [-0.05, 0) is 33.9 Å². The SMILES string of the molecule is CCC(NN)C(C)(CC)N(C)C. The van der Waals surface area contributed by atoms with Crippen molar-refractivity contribution in [2.24, 2.45) is 5.84 Å². The summed E-state index contributed by atoms with van der Waals surface area (Å²) >= 11 is 0. The molecule has 3 nitrogen and oxygen atoms in total. The average Bonchev–Trinajstić information content (AvgIpc) is 2.05. The molecule has 2 atom stereocenters. The van der Waals surface area contributed by atoms with Crippen molar-refractivity contribution in [3.05, 3.63) is 0 Å². The van der Waals surface area contributed by atoms with Crippen molar-refractivity contribution in [1.29, 1.82) is 0 Å². The van der Waals surface area contributed by atoms with Crippen LogP contribution in [0.25, 0.3) is 0 Å². The number of rotatable bonds is 5. The molecule has 0 saturated carbocycles. The van der Waals surface area contributed by atoms with Gasteiger partial charge in [-0.25, -0.2) is 0 Å². The third-order valence-electron chi connectivity index (χ3n) is 3.10. The van der Waals surface area contributed by atoms with Crippen LogP contribution in [0.15, 0.2) is 0 Å². The molecule has 0 bridgehead atoms. The lowest BCUT2D eigenvalue weighted by atomic mass is 9.87. The van der Waals surface area contributed by atoms with Gasteiger partial charge in [0.1, 0.15) is 0 Å². The second-order valence-corrected chi connectivity index (χ2v) is 3.73. The van der Waals surface area contributed by atoms with Gasteiger partial charge in [-0.1, -0.05) is 13.8 Å². The first-order valence-corrected chi connectivity index (χ1v) is 4.66. The van der Waals surface area contributed by atoms with E-state index in [1.807, 2.05) is 0 Å². The Hall–Kier alpha value is -0.120. The molecule has 0 aromatic rings. The highest BCUT2D eigenvalue weighted by Crippen LogP contribution is 2.22. The molecule has 0 spiro atoms. The lowest BCUT2D eigenvalue weighted by Crippen LogP contribution is -2.58. The molecule has 0 heterocycles. The van der Waals surface area contributed by atoms with Crippen molar-refractivity contribution < 1.29 is 0 Å². The number of hydrogen-bond acceptors (Lipinski definition) is 3. The van der Waals surface area contributed by atoms with Gasteiger partial charge in [0.2, 0.25) is 0 Å². The van der Waals surface area contributed by atoms with Crippen LogP contribution in [0.2, 0.25) is 0 Å². The van der Waals surface area contributed by atoms with Gasteiger partial charge in [0, 0.05) is 11.6 Å². The maximum atomic E-state index is 5.51. The molecule has 0 aliphatic rings. The molecule has 0 rings (SSSR count). The maximum Gasteiger partial charge on any atom is 0.0389 e. The van der Waals surface area contributed by atoms with Crippen molar-refractivity contribution in [3.8, 4) is 0 Å². The summed E-state index contributed by atoms with van der Waals surface area (Å²) in [7, 11) is 4.20. The number of nitrogens with zero attached hydrogens (tertiary/aromatic N) is 1. The molecule has 0 saturated heterocycles. The highest BCUT2D eigenvalue weighted by molar-refractivity contribution is 4.92. The molecule has 0 radical (unpaired) electrons. The van der Waals surface area contributed by atoms with Crippen LogP contribution in [-0.2, 0) is 0 Å². The van der Waals surface area contributed by atoms with E-state index in [9.17, 15) is 0 Å². The Labute approximate surface area is 76.3 Å². The summed E-state index contributed by atoms with van der Waals surface area (Å²) in [4.78, 5) is 2.24. The topological polar surface area (TPSA) is 41.3 Å². The molecule has 0 aromatic carbocycles. The number of nitrogens with two attached hydrogens (primary N) is 1. The number of hydrazine groups is 1. The van der Waals surface area contributed by atoms with E-state index in [-0.39, 0.29) is 5.54 Å². The standard InChI is InChI=1S/C9H23N3/c1-6-8(11-10)9(3,7-2)12(4)5/h8,11H,6-7,10H2,1-5H3. The minimum absolute atomic E-state index is 0.156. The number of hydrogen-bond donors (Lipinski definition) is 2. The Balaban J connectivity index is 4.47. The predicted molar refractivity (Wildman–Crippen MR) is 53.8 cm³/mol. The van der Waals surface area contributed by atoms with Gasteiger partial charge in [-0.15, -0.1) is 0 Å². The Morgan fingerprint density at radius 1 is 1.42 bits per heavy atom. The van der Waals surface area contributed by atoms with E-state index in [4.69, 9.17) is 5.84 Å². The molecule has 0 amide bonds. The Morgan fingerprint density at radius 2 is 1.92 bits per heavy atom. The van der Waals surface area contributed by atoms with Gasteiger partial charge in [0.15, 0.2) is 0 Å². The normalized spacial score (nSPS) is 19.2. The molecule has 3 heteroatoms. The van der Waals surface area contributed by atoms with Gasteiger partial charge in [0.25, 0.3) is 0 Å². The van der Waals surface area contributed by atoms with Gasteiger partial charge in [-0.2, -0.15) is 0 Å². The Morgan fingerprint density at radius 3 is 2.00 bits per heavy atom. The zero-order valence-corrected chi connectivity index (χ0v) is 9.02. The van der Waals surface area contributed by atoms with Gasteiger partial charge in [0.05, 0.1) is 0 Å². The van der Waals surface area contributed by atoms with E-state index >= 15 is 0 Å².